The second-order valence-corrected chi connectivity index (χ2v) is 5.83. The summed E-state index contributed by atoms with van der Waals surface area (Å²) >= 11 is 0. The van der Waals surface area contributed by atoms with Crippen LogP contribution in [-0.4, -0.2) is 68.8 Å². The number of nitrogens with zero attached hydrogens (tertiary/aromatic N) is 2. The fourth-order valence-corrected chi connectivity index (χ4v) is 2.50. The highest BCUT2D eigenvalue weighted by molar-refractivity contribution is 7.89. The second-order valence-electron chi connectivity index (χ2n) is 3.74. The third-order valence-corrected chi connectivity index (χ3v) is 3.86. The number of hydrogen-bond acceptors (Lipinski definition) is 4. The molecule has 0 heterocycles. The first-order valence-corrected chi connectivity index (χ1v) is 6.78. The summed E-state index contributed by atoms with van der Waals surface area (Å²) in [6, 6.07) is 0. The number of likely N-dealkylation sites (N-methyl/N-ethyl adjacent to an activating group) is 1. The summed E-state index contributed by atoms with van der Waals surface area (Å²) in [7, 11) is 0.537. The molecule has 5 nitrogen and oxygen atoms in total. The number of hydrogen-bond donors (Lipinski definition) is 1. The van der Waals surface area contributed by atoms with Crippen molar-refractivity contribution >= 4 is 10.0 Å². The zero-order valence-electron chi connectivity index (χ0n) is 9.81. The van der Waals surface area contributed by atoms with Crippen LogP contribution >= 0.6 is 0 Å². The predicted octanol–water partition coefficient (Wildman–Crippen LogP) is -0.418. The molecule has 0 aromatic rings. The molecule has 0 aliphatic rings. The van der Waals surface area contributed by atoms with Crippen LogP contribution in [-0.2, 0) is 10.0 Å². The second kappa shape index (κ2) is 7.16. The molecule has 15 heavy (non-hydrogen) atoms. The molecule has 0 aliphatic heterocycles. The highest BCUT2D eigenvalue weighted by Crippen LogP contribution is 2.02. The quantitative estimate of drug-likeness (QED) is 0.624. The molecule has 0 bridgehead atoms. The van der Waals surface area contributed by atoms with Crippen molar-refractivity contribution in [3.63, 3.8) is 0 Å². The van der Waals surface area contributed by atoms with Crippen molar-refractivity contribution in [2.75, 3.05) is 46.1 Å². The van der Waals surface area contributed by atoms with Crippen molar-refractivity contribution in [1.29, 1.82) is 0 Å². The Balaban J connectivity index is 4.37. The summed E-state index contributed by atoms with van der Waals surface area (Å²) in [5.41, 5.74) is 0. The van der Waals surface area contributed by atoms with Gasteiger partial charge < -0.3 is 10.0 Å². The molecule has 6 heteroatoms. The van der Waals surface area contributed by atoms with Crippen molar-refractivity contribution in [2.24, 2.45) is 0 Å². The molecule has 0 saturated carbocycles. The molecule has 92 valence electrons. The van der Waals surface area contributed by atoms with Crippen LogP contribution in [0, 0.1) is 0 Å². The highest BCUT2D eigenvalue weighted by atomic mass is 32.2. The van der Waals surface area contributed by atoms with Gasteiger partial charge in [-0.25, -0.2) is 12.7 Å². The summed E-state index contributed by atoms with van der Waals surface area (Å²) in [6.07, 6.45) is 0.790. The molecule has 0 unspecified atom stereocenters. The number of aliphatic hydroxyl groups excluding tert-OH is 1. The van der Waals surface area contributed by atoms with Crippen LogP contribution in [0.15, 0.2) is 0 Å². The first-order chi connectivity index (χ1) is 6.94. The van der Waals surface area contributed by atoms with E-state index in [4.69, 9.17) is 5.11 Å². The van der Waals surface area contributed by atoms with Gasteiger partial charge in [0.25, 0.3) is 0 Å². The lowest BCUT2D eigenvalue weighted by Gasteiger charge is -2.22. The van der Waals surface area contributed by atoms with Crippen molar-refractivity contribution < 1.29 is 13.5 Å². The largest absolute Gasteiger partial charge is 0.395 e. The van der Waals surface area contributed by atoms with Crippen molar-refractivity contribution in [3.8, 4) is 0 Å². The van der Waals surface area contributed by atoms with Crippen LogP contribution in [0.4, 0.5) is 0 Å². The Morgan fingerprint density at radius 2 is 1.73 bits per heavy atom. The average Bonchev–Trinajstić information content (AvgIpc) is 2.11. The molecule has 0 spiro atoms. The minimum atomic E-state index is -3.27. The third-order valence-electron chi connectivity index (χ3n) is 2.01. The summed E-state index contributed by atoms with van der Waals surface area (Å²) in [5, 5.41) is 8.68. The Morgan fingerprint density at radius 1 is 1.13 bits per heavy atom. The first-order valence-electron chi connectivity index (χ1n) is 5.17. The van der Waals surface area contributed by atoms with Crippen LogP contribution in [0.25, 0.3) is 0 Å². The zero-order valence-corrected chi connectivity index (χ0v) is 10.6. The summed E-state index contributed by atoms with van der Waals surface area (Å²) < 4.78 is 24.8. The van der Waals surface area contributed by atoms with E-state index in [1.54, 1.807) is 0 Å². The standard InChI is InChI=1S/C9H22N2O3S/c1-4-5-11(7-6-10(2)3)15(13,14)9-8-12/h12H,4-9H2,1-3H3. The molecule has 0 aliphatic carbocycles. The van der Waals surface area contributed by atoms with E-state index in [9.17, 15) is 8.42 Å². The first kappa shape index (κ1) is 14.8. The molecule has 0 saturated heterocycles. The fourth-order valence-electron chi connectivity index (χ4n) is 1.20. The van der Waals surface area contributed by atoms with Gasteiger partial charge in [-0.1, -0.05) is 6.92 Å². The molecule has 0 radical (unpaired) electrons. The molecule has 0 atom stereocenters. The Kier molecular flexibility index (Phi) is 7.08. The normalized spacial score (nSPS) is 12.7. The zero-order chi connectivity index (χ0) is 11.9. The fraction of sp³-hybridized carbons (Fsp3) is 1.00. The number of sulfonamides is 1. The van der Waals surface area contributed by atoms with Gasteiger partial charge in [0.05, 0.1) is 12.4 Å². The van der Waals surface area contributed by atoms with E-state index in [0.717, 1.165) is 6.42 Å². The molecule has 0 amide bonds. The van der Waals surface area contributed by atoms with E-state index in [1.165, 1.54) is 4.31 Å². The Morgan fingerprint density at radius 3 is 2.13 bits per heavy atom. The lowest BCUT2D eigenvalue weighted by molar-refractivity contribution is 0.306. The van der Waals surface area contributed by atoms with E-state index in [1.807, 2.05) is 25.9 Å². The Bertz CT molecular complexity index is 252. The maximum absolute atomic E-state index is 11.7. The molecule has 1 N–H and O–H groups in total. The minimum absolute atomic E-state index is 0.180. The minimum Gasteiger partial charge on any atom is -0.395 e. The molecular formula is C9H22N2O3S. The molecule has 0 fully saturated rings. The topological polar surface area (TPSA) is 60.9 Å². The summed E-state index contributed by atoms with van der Waals surface area (Å²) in [6.45, 7) is 3.34. The lowest BCUT2D eigenvalue weighted by atomic mass is 10.4. The van der Waals surface area contributed by atoms with Crippen molar-refractivity contribution in [1.82, 2.24) is 9.21 Å². The maximum atomic E-state index is 11.7. The summed E-state index contributed by atoms with van der Waals surface area (Å²) in [4.78, 5) is 1.94. The maximum Gasteiger partial charge on any atom is 0.216 e. The number of aliphatic hydroxyl groups is 1. The molecular weight excluding hydrogens is 216 g/mol. The van der Waals surface area contributed by atoms with Gasteiger partial charge in [0.15, 0.2) is 0 Å². The highest BCUT2D eigenvalue weighted by Gasteiger charge is 2.20. The van der Waals surface area contributed by atoms with Gasteiger partial charge in [0.2, 0.25) is 10.0 Å². The van der Waals surface area contributed by atoms with Crippen LogP contribution in [0.3, 0.4) is 0 Å². The Hall–Kier alpha value is -0.170. The smallest absolute Gasteiger partial charge is 0.216 e. The van der Waals surface area contributed by atoms with Crippen LogP contribution in [0.2, 0.25) is 0 Å². The van der Waals surface area contributed by atoms with E-state index in [0.29, 0.717) is 19.6 Å². The van der Waals surface area contributed by atoms with Crippen molar-refractivity contribution in [2.45, 2.75) is 13.3 Å². The van der Waals surface area contributed by atoms with E-state index in [-0.39, 0.29) is 12.4 Å². The Labute approximate surface area is 92.7 Å². The van der Waals surface area contributed by atoms with Gasteiger partial charge in [-0.3, -0.25) is 0 Å². The van der Waals surface area contributed by atoms with Gasteiger partial charge in [-0.2, -0.15) is 0 Å². The van der Waals surface area contributed by atoms with Gasteiger partial charge in [-0.05, 0) is 20.5 Å². The van der Waals surface area contributed by atoms with E-state index in [2.05, 4.69) is 0 Å². The molecule has 0 rings (SSSR count). The molecule has 0 aromatic carbocycles. The monoisotopic (exact) mass is 238 g/mol. The summed E-state index contributed by atoms with van der Waals surface area (Å²) in [5.74, 6) is -0.180. The lowest BCUT2D eigenvalue weighted by Crippen LogP contribution is -2.39. The van der Waals surface area contributed by atoms with E-state index >= 15 is 0 Å². The van der Waals surface area contributed by atoms with Crippen LogP contribution < -0.4 is 0 Å². The van der Waals surface area contributed by atoms with E-state index < -0.39 is 10.0 Å². The number of rotatable bonds is 8. The average molecular weight is 238 g/mol. The van der Waals surface area contributed by atoms with Gasteiger partial charge in [0.1, 0.15) is 0 Å². The van der Waals surface area contributed by atoms with Gasteiger partial charge >= 0.3 is 0 Å². The van der Waals surface area contributed by atoms with Crippen LogP contribution in [0.1, 0.15) is 13.3 Å². The van der Waals surface area contributed by atoms with Gasteiger partial charge in [0, 0.05) is 19.6 Å². The molecule has 0 aromatic heterocycles. The van der Waals surface area contributed by atoms with Gasteiger partial charge in [-0.15, -0.1) is 0 Å². The van der Waals surface area contributed by atoms with Crippen molar-refractivity contribution in [3.05, 3.63) is 0 Å². The SMILES string of the molecule is CCCN(CCN(C)C)S(=O)(=O)CCO. The predicted molar refractivity (Wildman–Crippen MR) is 61.3 cm³/mol. The third kappa shape index (κ3) is 6.09. The van der Waals surface area contributed by atoms with Crippen LogP contribution in [0.5, 0.6) is 0 Å².